The third-order valence-electron chi connectivity index (χ3n) is 2.52. The van der Waals surface area contributed by atoms with Crippen molar-refractivity contribution in [1.82, 2.24) is 4.98 Å². The number of nitrogens with zero attached hydrogens (tertiary/aromatic N) is 1. The van der Waals surface area contributed by atoms with Crippen molar-refractivity contribution in [1.29, 1.82) is 0 Å². The highest BCUT2D eigenvalue weighted by atomic mass is 19.2. The number of methoxy groups -OCH3 is 2. The Kier molecular flexibility index (Phi) is 4.09. The smallest absolute Gasteiger partial charge is 0.376 e. The van der Waals surface area contributed by atoms with Crippen molar-refractivity contribution in [2.24, 2.45) is 0 Å². The van der Waals surface area contributed by atoms with Gasteiger partial charge >= 0.3 is 5.97 Å². The van der Waals surface area contributed by atoms with Crippen molar-refractivity contribution in [2.45, 2.75) is 6.61 Å². The summed E-state index contributed by atoms with van der Waals surface area (Å²) in [6, 6.07) is 3.17. The summed E-state index contributed by atoms with van der Waals surface area (Å²) in [5, 5.41) is 0. The lowest BCUT2D eigenvalue weighted by molar-refractivity contribution is 0.0559. The molecule has 5 nitrogen and oxygen atoms in total. The standard InChI is InChI=1S/C13H11F2NO4/c1-18-6-10-11(13(17)19-2)20-12(16-10)7-3-4-8(14)9(15)5-7/h3-5H,6H2,1-2H3. The fourth-order valence-electron chi connectivity index (χ4n) is 1.59. The molecule has 0 saturated carbocycles. The Bertz CT molecular complexity index is 639. The number of rotatable bonds is 4. The average molecular weight is 283 g/mol. The van der Waals surface area contributed by atoms with Gasteiger partial charge in [-0.25, -0.2) is 18.6 Å². The first kappa shape index (κ1) is 14.1. The van der Waals surface area contributed by atoms with Gasteiger partial charge in [-0.1, -0.05) is 0 Å². The van der Waals surface area contributed by atoms with Crippen LogP contribution in [-0.4, -0.2) is 25.2 Å². The van der Waals surface area contributed by atoms with Crippen LogP contribution >= 0.6 is 0 Å². The van der Waals surface area contributed by atoms with Gasteiger partial charge in [-0.3, -0.25) is 0 Å². The molecule has 0 bridgehead atoms. The summed E-state index contributed by atoms with van der Waals surface area (Å²) in [5.41, 5.74) is 0.426. The van der Waals surface area contributed by atoms with E-state index in [-0.39, 0.29) is 29.5 Å². The topological polar surface area (TPSA) is 61.6 Å². The van der Waals surface area contributed by atoms with E-state index in [4.69, 9.17) is 9.15 Å². The second-order valence-corrected chi connectivity index (χ2v) is 3.85. The maximum Gasteiger partial charge on any atom is 0.376 e. The van der Waals surface area contributed by atoms with Crippen molar-refractivity contribution in [3.63, 3.8) is 0 Å². The molecule has 1 aromatic carbocycles. The Morgan fingerprint density at radius 2 is 2.05 bits per heavy atom. The molecular formula is C13H11F2NO4. The first-order valence-electron chi connectivity index (χ1n) is 5.59. The Labute approximate surface area is 113 Å². The summed E-state index contributed by atoms with van der Waals surface area (Å²) < 4.78 is 40.8. The molecule has 0 atom stereocenters. The van der Waals surface area contributed by atoms with Crippen LogP contribution in [0.5, 0.6) is 0 Å². The molecule has 0 aliphatic heterocycles. The van der Waals surface area contributed by atoms with Crippen molar-refractivity contribution in [3.05, 3.63) is 41.3 Å². The largest absolute Gasteiger partial charge is 0.463 e. The van der Waals surface area contributed by atoms with E-state index in [1.165, 1.54) is 20.3 Å². The van der Waals surface area contributed by atoms with Gasteiger partial charge in [-0.05, 0) is 18.2 Å². The zero-order chi connectivity index (χ0) is 14.7. The number of hydrogen-bond donors (Lipinski definition) is 0. The predicted molar refractivity (Wildman–Crippen MR) is 63.9 cm³/mol. The van der Waals surface area contributed by atoms with Gasteiger partial charge in [0.05, 0.1) is 13.7 Å². The predicted octanol–water partition coefficient (Wildman–Crippen LogP) is 2.55. The van der Waals surface area contributed by atoms with Crippen LogP contribution in [0.15, 0.2) is 22.6 Å². The van der Waals surface area contributed by atoms with Gasteiger partial charge in [0.25, 0.3) is 0 Å². The molecule has 106 valence electrons. The molecule has 0 fully saturated rings. The third kappa shape index (κ3) is 2.67. The second-order valence-electron chi connectivity index (χ2n) is 3.85. The monoisotopic (exact) mass is 283 g/mol. The molecule has 0 aliphatic rings. The van der Waals surface area contributed by atoms with Crippen LogP contribution in [0.3, 0.4) is 0 Å². The van der Waals surface area contributed by atoms with E-state index in [9.17, 15) is 13.6 Å². The maximum atomic E-state index is 13.2. The van der Waals surface area contributed by atoms with Crippen LogP contribution < -0.4 is 0 Å². The number of carbonyl (C=O) groups excluding carboxylic acids is 1. The summed E-state index contributed by atoms with van der Waals surface area (Å²) >= 11 is 0. The van der Waals surface area contributed by atoms with E-state index in [0.29, 0.717) is 0 Å². The van der Waals surface area contributed by atoms with E-state index in [1.807, 2.05) is 0 Å². The van der Waals surface area contributed by atoms with Crippen LogP contribution in [0, 0.1) is 11.6 Å². The van der Waals surface area contributed by atoms with Crippen molar-refractivity contribution in [2.75, 3.05) is 14.2 Å². The SMILES string of the molecule is COCc1nc(-c2ccc(F)c(F)c2)oc1C(=O)OC. The summed E-state index contributed by atoms with van der Waals surface area (Å²) in [7, 11) is 2.62. The van der Waals surface area contributed by atoms with Gasteiger partial charge in [-0.2, -0.15) is 0 Å². The fraction of sp³-hybridized carbons (Fsp3) is 0.231. The summed E-state index contributed by atoms with van der Waals surface area (Å²) in [4.78, 5) is 15.6. The second kappa shape index (κ2) is 5.79. The number of halogens is 2. The molecule has 2 aromatic rings. The van der Waals surface area contributed by atoms with Gasteiger partial charge in [-0.15, -0.1) is 0 Å². The molecule has 0 saturated heterocycles. The molecule has 20 heavy (non-hydrogen) atoms. The van der Waals surface area contributed by atoms with Crippen molar-refractivity contribution in [3.8, 4) is 11.5 Å². The Hall–Kier alpha value is -2.28. The van der Waals surface area contributed by atoms with Crippen LogP contribution in [0.4, 0.5) is 8.78 Å². The number of oxazole rings is 1. The van der Waals surface area contributed by atoms with E-state index in [0.717, 1.165) is 12.1 Å². The van der Waals surface area contributed by atoms with Crippen LogP contribution in [0.2, 0.25) is 0 Å². The van der Waals surface area contributed by atoms with Crippen molar-refractivity contribution < 1.29 is 27.5 Å². The van der Waals surface area contributed by atoms with Gasteiger partial charge in [0, 0.05) is 12.7 Å². The fourth-order valence-corrected chi connectivity index (χ4v) is 1.59. The summed E-state index contributed by atoms with van der Waals surface area (Å²) in [6.07, 6.45) is 0. The number of carbonyl (C=O) groups is 1. The number of benzene rings is 1. The van der Waals surface area contributed by atoms with Crippen LogP contribution in [0.25, 0.3) is 11.5 Å². The molecule has 0 amide bonds. The molecule has 1 heterocycles. The molecule has 0 radical (unpaired) electrons. The zero-order valence-electron chi connectivity index (χ0n) is 10.8. The molecule has 7 heteroatoms. The molecule has 0 unspecified atom stereocenters. The molecule has 0 spiro atoms. The first-order valence-corrected chi connectivity index (χ1v) is 5.59. The highest BCUT2D eigenvalue weighted by molar-refractivity contribution is 5.87. The van der Waals surface area contributed by atoms with E-state index < -0.39 is 17.6 Å². The minimum atomic E-state index is -1.03. The lowest BCUT2D eigenvalue weighted by atomic mass is 10.2. The van der Waals surface area contributed by atoms with Gasteiger partial charge in [0.15, 0.2) is 11.6 Å². The van der Waals surface area contributed by atoms with Crippen LogP contribution in [-0.2, 0) is 16.1 Å². The molecule has 0 aliphatic carbocycles. The molecule has 1 aromatic heterocycles. The van der Waals surface area contributed by atoms with E-state index in [2.05, 4.69) is 9.72 Å². The molecule has 2 rings (SSSR count). The van der Waals surface area contributed by atoms with Gasteiger partial charge in [0.1, 0.15) is 5.69 Å². The molecular weight excluding hydrogens is 272 g/mol. The highest BCUT2D eigenvalue weighted by Gasteiger charge is 2.22. The average Bonchev–Trinajstić information content (AvgIpc) is 2.85. The quantitative estimate of drug-likeness (QED) is 0.807. The lowest BCUT2D eigenvalue weighted by Crippen LogP contribution is -2.04. The number of esters is 1. The Balaban J connectivity index is 2.46. The highest BCUT2D eigenvalue weighted by Crippen LogP contribution is 2.24. The van der Waals surface area contributed by atoms with Gasteiger partial charge < -0.3 is 13.9 Å². The van der Waals surface area contributed by atoms with Crippen molar-refractivity contribution >= 4 is 5.97 Å². The Morgan fingerprint density at radius 3 is 2.65 bits per heavy atom. The maximum absolute atomic E-state index is 13.2. The Morgan fingerprint density at radius 1 is 1.30 bits per heavy atom. The summed E-state index contributed by atoms with van der Waals surface area (Å²) in [6.45, 7) is 0.0254. The minimum absolute atomic E-state index is 0.0173. The normalized spacial score (nSPS) is 10.6. The van der Waals surface area contributed by atoms with E-state index in [1.54, 1.807) is 0 Å². The summed E-state index contributed by atoms with van der Waals surface area (Å²) in [5.74, 6) is -2.89. The van der Waals surface area contributed by atoms with Gasteiger partial charge in [0.2, 0.25) is 11.7 Å². The third-order valence-corrected chi connectivity index (χ3v) is 2.52. The molecule has 0 N–H and O–H groups in total. The lowest BCUT2D eigenvalue weighted by Gasteiger charge is -1.97. The van der Waals surface area contributed by atoms with E-state index >= 15 is 0 Å². The number of ether oxygens (including phenoxy) is 2. The first-order chi connectivity index (χ1) is 9.56. The number of aromatic nitrogens is 1. The minimum Gasteiger partial charge on any atom is -0.463 e. The zero-order valence-corrected chi connectivity index (χ0v) is 10.8. The number of hydrogen-bond acceptors (Lipinski definition) is 5. The van der Waals surface area contributed by atoms with Crippen LogP contribution in [0.1, 0.15) is 16.2 Å².